The minimum absolute atomic E-state index is 0.0262. The monoisotopic (exact) mass is 405 g/mol. The number of sulfonamides is 1. The van der Waals surface area contributed by atoms with E-state index in [1.54, 1.807) is 13.1 Å². The van der Waals surface area contributed by atoms with Crippen LogP contribution in [0.5, 0.6) is 0 Å². The van der Waals surface area contributed by atoms with E-state index in [1.165, 1.54) is 16.9 Å². The predicted molar refractivity (Wildman–Crippen MR) is 75.0 cm³/mol. The van der Waals surface area contributed by atoms with Gasteiger partial charge < -0.3 is 0 Å². The SMILES string of the molecule is Cn1nnc(CN2C(=O)c3ccc(I)cc3S2(=O)=O)n1. The van der Waals surface area contributed by atoms with Crippen molar-refractivity contribution >= 4 is 38.5 Å². The number of aryl methyl sites for hydroxylation is 1. The Balaban J connectivity index is 2.05. The van der Waals surface area contributed by atoms with Gasteiger partial charge in [0.2, 0.25) is 0 Å². The molecule has 1 aliphatic rings. The van der Waals surface area contributed by atoms with Crippen LogP contribution in [0.1, 0.15) is 16.2 Å². The first-order chi connectivity index (χ1) is 9.39. The van der Waals surface area contributed by atoms with Crippen LogP contribution in [-0.4, -0.2) is 38.8 Å². The largest absolute Gasteiger partial charge is 0.269 e. The molecule has 1 aromatic heterocycles. The highest BCUT2D eigenvalue weighted by atomic mass is 127. The zero-order valence-electron chi connectivity index (χ0n) is 10.2. The van der Waals surface area contributed by atoms with Gasteiger partial charge in [0.15, 0.2) is 5.82 Å². The normalized spacial score (nSPS) is 16.5. The standard InChI is InChI=1S/C10H8IN5O3S/c1-15-13-9(12-14-15)5-16-10(17)7-3-2-6(11)4-8(7)20(16,18)19/h2-4H,5H2,1H3. The molecular weight excluding hydrogens is 397 g/mol. The third-order valence-corrected chi connectivity index (χ3v) is 5.24. The number of carbonyl (C=O) groups is 1. The Morgan fingerprint density at radius 2 is 2.10 bits per heavy atom. The molecule has 0 radical (unpaired) electrons. The quantitative estimate of drug-likeness (QED) is 0.661. The highest BCUT2D eigenvalue weighted by Gasteiger charge is 2.41. The number of aromatic nitrogens is 4. The summed E-state index contributed by atoms with van der Waals surface area (Å²) in [5.41, 5.74) is 0.175. The lowest BCUT2D eigenvalue weighted by atomic mass is 10.2. The molecule has 2 heterocycles. The lowest BCUT2D eigenvalue weighted by Gasteiger charge is -2.12. The first kappa shape index (κ1) is 13.4. The summed E-state index contributed by atoms with van der Waals surface area (Å²) in [4.78, 5) is 13.4. The molecule has 8 nitrogen and oxygen atoms in total. The van der Waals surface area contributed by atoms with E-state index in [0.29, 0.717) is 0 Å². The molecule has 10 heteroatoms. The van der Waals surface area contributed by atoms with Crippen molar-refractivity contribution in [2.75, 3.05) is 0 Å². The second-order valence-corrected chi connectivity index (χ2v) is 7.23. The Hall–Kier alpha value is -1.56. The van der Waals surface area contributed by atoms with Gasteiger partial charge in [-0.15, -0.1) is 10.2 Å². The summed E-state index contributed by atoms with van der Waals surface area (Å²) in [5.74, 6) is -0.393. The van der Waals surface area contributed by atoms with E-state index in [1.807, 2.05) is 22.6 Å². The number of hydrogen-bond acceptors (Lipinski definition) is 6. The summed E-state index contributed by atoms with van der Waals surface area (Å²) >= 11 is 2.00. The molecule has 1 aliphatic heterocycles. The summed E-state index contributed by atoms with van der Waals surface area (Å²) in [6, 6.07) is 4.69. The van der Waals surface area contributed by atoms with Gasteiger partial charge in [-0.3, -0.25) is 4.79 Å². The van der Waals surface area contributed by atoms with Gasteiger partial charge in [0.05, 0.1) is 12.6 Å². The number of amides is 1. The zero-order chi connectivity index (χ0) is 14.5. The van der Waals surface area contributed by atoms with Gasteiger partial charge in [0, 0.05) is 3.57 Å². The molecule has 0 unspecified atom stereocenters. The Bertz CT molecular complexity index is 816. The average Bonchev–Trinajstić information content (AvgIpc) is 2.86. The van der Waals surface area contributed by atoms with Crippen LogP contribution in [0.2, 0.25) is 0 Å². The molecule has 0 fully saturated rings. The Labute approximate surface area is 128 Å². The van der Waals surface area contributed by atoms with E-state index in [-0.39, 0.29) is 22.8 Å². The van der Waals surface area contributed by atoms with E-state index in [9.17, 15) is 13.2 Å². The van der Waals surface area contributed by atoms with E-state index in [4.69, 9.17) is 0 Å². The van der Waals surface area contributed by atoms with E-state index >= 15 is 0 Å². The fourth-order valence-electron chi connectivity index (χ4n) is 1.92. The topological polar surface area (TPSA) is 98.0 Å². The van der Waals surface area contributed by atoms with Crippen molar-refractivity contribution in [3.8, 4) is 0 Å². The van der Waals surface area contributed by atoms with Gasteiger partial charge in [0.1, 0.15) is 11.4 Å². The molecule has 0 saturated heterocycles. The molecule has 1 amide bonds. The number of benzene rings is 1. The molecule has 2 aromatic rings. The van der Waals surface area contributed by atoms with E-state index in [0.717, 1.165) is 7.88 Å². The third kappa shape index (κ3) is 1.98. The molecule has 0 bridgehead atoms. The first-order valence-corrected chi connectivity index (χ1v) is 8.01. The van der Waals surface area contributed by atoms with Crippen LogP contribution < -0.4 is 0 Å². The minimum Gasteiger partial charge on any atom is -0.268 e. The maximum Gasteiger partial charge on any atom is 0.269 e. The van der Waals surface area contributed by atoms with Crippen molar-refractivity contribution in [1.82, 2.24) is 24.5 Å². The molecular formula is C10H8IN5O3S. The molecule has 0 N–H and O–H groups in total. The van der Waals surface area contributed by atoms with Gasteiger partial charge in [-0.25, -0.2) is 12.7 Å². The Morgan fingerprint density at radius 1 is 1.35 bits per heavy atom. The molecule has 0 aliphatic carbocycles. The van der Waals surface area contributed by atoms with Crippen molar-refractivity contribution in [2.45, 2.75) is 11.4 Å². The van der Waals surface area contributed by atoms with Gasteiger partial charge >= 0.3 is 0 Å². The fourth-order valence-corrected chi connectivity index (χ4v) is 4.17. The van der Waals surface area contributed by atoms with Crippen LogP contribution in [0.15, 0.2) is 23.1 Å². The lowest BCUT2D eigenvalue weighted by Crippen LogP contribution is -2.30. The van der Waals surface area contributed by atoms with Crippen LogP contribution in [0.3, 0.4) is 0 Å². The number of carbonyl (C=O) groups excluding carboxylic acids is 1. The summed E-state index contributed by atoms with van der Waals surface area (Å²) in [6.07, 6.45) is 0. The van der Waals surface area contributed by atoms with Crippen molar-refractivity contribution in [2.24, 2.45) is 7.05 Å². The van der Waals surface area contributed by atoms with Gasteiger partial charge in [0.25, 0.3) is 15.9 Å². The van der Waals surface area contributed by atoms with E-state index < -0.39 is 15.9 Å². The number of rotatable bonds is 2. The van der Waals surface area contributed by atoms with Gasteiger partial charge in [-0.2, -0.15) is 4.80 Å². The Morgan fingerprint density at radius 3 is 2.75 bits per heavy atom. The van der Waals surface area contributed by atoms with Crippen molar-refractivity contribution in [3.63, 3.8) is 0 Å². The molecule has 1 aromatic carbocycles. The van der Waals surface area contributed by atoms with E-state index in [2.05, 4.69) is 15.4 Å². The summed E-state index contributed by atoms with van der Waals surface area (Å²) in [5, 5.41) is 11.2. The lowest BCUT2D eigenvalue weighted by molar-refractivity contribution is 0.0862. The van der Waals surface area contributed by atoms with Crippen LogP contribution in [0, 0.1) is 3.57 Å². The maximum atomic E-state index is 12.4. The van der Waals surface area contributed by atoms with Crippen LogP contribution >= 0.6 is 22.6 Å². The van der Waals surface area contributed by atoms with Crippen molar-refractivity contribution in [1.29, 1.82) is 0 Å². The number of fused-ring (bicyclic) bond motifs is 1. The second kappa shape index (κ2) is 4.48. The van der Waals surface area contributed by atoms with Gasteiger partial charge in [-0.05, 0) is 46.0 Å². The second-order valence-electron chi connectivity index (χ2n) is 4.15. The third-order valence-electron chi connectivity index (χ3n) is 2.80. The smallest absolute Gasteiger partial charge is 0.268 e. The molecule has 0 atom stereocenters. The molecule has 104 valence electrons. The first-order valence-electron chi connectivity index (χ1n) is 5.49. The fraction of sp³-hybridized carbons (Fsp3) is 0.200. The predicted octanol–water partition coefficient (Wildman–Crippen LogP) is 0.159. The number of hydrogen-bond donors (Lipinski definition) is 0. The molecule has 0 saturated carbocycles. The molecule has 3 rings (SSSR count). The van der Waals surface area contributed by atoms with Crippen molar-refractivity contribution in [3.05, 3.63) is 33.2 Å². The number of halogens is 1. The molecule has 0 spiro atoms. The van der Waals surface area contributed by atoms with Gasteiger partial charge in [-0.1, -0.05) is 0 Å². The van der Waals surface area contributed by atoms with Crippen LogP contribution in [0.25, 0.3) is 0 Å². The zero-order valence-corrected chi connectivity index (χ0v) is 13.2. The molecule has 20 heavy (non-hydrogen) atoms. The highest BCUT2D eigenvalue weighted by Crippen LogP contribution is 2.32. The van der Waals surface area contributed by atoms with Crippen LogP contribution in [0.4, 0.5) is 0 Å². The maximum absolute atomic E-state index is 12.4. The Kier molecular flexibility index (Phi) is 3.01. The number of nitrogens with zero attached hydrogens (tertiary/aromatic N) is 5. The highest BCUT2D eigenvalue weighted by molar-refractivity contribution is 14.1. The number of tetrazole rings is 1. The average molecular weight is 405 g/mol. The summed E-state index contributed by atoms with van der Waals surface area (Å²) in [7, 11) is -2.28. The van der Waals surface area contributed by atoms with Crippen LogP contribution in [-0.2, 0) is 23.6 Å². The summed E-state index contributed by atoms with van der Waals surface area (Å²) < 4.78 is 26.3. The van der Waals surface area contributed by atoms with Crippen molar-refractivity contribution < 1.29 is 13.2 Å². The summed E-state index contributed by atoms with van der Waals surface area (Å²) in [6.45, 7) is -0.222. The minimum atomic E-state index is -3.85.